The van der Waals surface area contributed by atoms with Gasteiger partial charge >= 0.3 is 8.80 Å². The zero-order chi connectivity index (χ0) is 16.8. The third kappa shape index (κ3) is 4.53. The van der Waals surface area contributed by atoms with Gasteiger partial charge in [0.15, 0.2) is 0 Å². The van der Waals surface area contributed by atoms with E-state index in [-0.39, 0.29) is 10.4 Å². The third-order valence-electron chi connectivity index (χ3n) is 3.22. The first-order valence-corrected chi connectivity index (χ1v) is 11.4. The Labute approximate surface area is 138 Å². The zero-order valence-electron chi connectivity index (χ0n) is 13.3. The first kappa shape index (κ1) is 19.6. The molecule has 1 atom stereocenters. The van der Waals surface area contributed by atoms with Gasteiger partial charge in [-0.25, -0.2) is 8.42 Å². The number of rotatable bonds is 9. The highest BCUT2D eigenvalue weighted by atomic mass is 35.7. The molecule has 8 heteroatoms. The van der Waals surface area contributed by atoms with E-state index in [2.05, 4.69) is 0 Å². The van der Waals surface area contributed by atoms with Crippen LogP contribution in [-0.4, -0.2) is 37.0 Å². The summed E-state index contributed by atoms with van der Waals surface area (Å²) in [5, 5.41) is 0. The fourth-order valence-corrected chi connectivity index (χ4v) is 6.49. The Morgan fingerprint density at radius 2 is 1.50 bits per heavy atom. The van der Waals surface area contributed by atoms with Crippen LogP contribution in [0.1, 0.15) is 38.8 Å². The van der Waals surface area contributed by atoms with Crippen molar-refractivity contribution in [3.05, 3.63) is 29.8 Å². The molecule has 0 heterocycles. The van der Waals surface area contributed by atoms with E-state index in [1.165, 1.54) is 6.07 Å². The average Bonchev–Trinajstić information content (AvgIpc) is 2.46. The van der Waals surface area contributed by atoms with Gasteiger partial charge in [-0.05, 0) is 32.4 Å². The molecule has 0 saturated heterocycles. The molecule has 0 fully saturated rings. The van der Waals surface area contributed by atoms with Crippen molar-refractivity contribution in [3.63, 3.8) is 0 Å². The van der Waals surface area contributed by atoms with Gasteiger partial charge in [0.25, 0.3) is 9.05 Å². The number of hydrogen-bond acceptors (Lipinski definition) is 5. The molecular weight excluding hydrogens is 344 g/mol. The predicted molar refractivity (Wildman–Crippen MR) is 88.5 cm³/mol. The SMILES string of the molecule is CCO[Si](OCC)(OCC)C(C)c1ccccc1S(=O)(=O)Cl. The summed E-state index contributed by atoms with van der Waals surface area (Å²) in [5.74, 6) is 0. The molecule has 1 rings (SSSR count). The Kier molecular flexibility index (Phi) is 7.50. The van der Waals surface area contributed by atoms with Gasteiger partial charge in [0.1, 0.15) is 0 Å². The second-order valence-corrected chi connectivity index (χ2v) is 10.1. The van der Waals surface area contributed by atoms with E-state index in [4.69, 9.17) is 24.0 Å². The Balaban J connectivity index is 3.38. The molecule has 0 spiro atoms. The molecule has 0 aliphatic carbocycles. The average molecular weight is 367 g/mol. The van der Waals surface area contributed by atoms with Crippen LogP contribution in [0, 0.1) is 0 Å². The largest absolute Gasteiger partial charge is 0.508 e. The lowest BCUT2D eigenvalue weighted by atomic mass is 10.2. The van der Waals surface area contributed by atoms with Gasteiger partial charge in [-0.15, -0.1) is 0 Å². The minimum Gasteiger partial charge on any atom is -0.373 e. The molecule has 1 unspecified atom stereocenters. The van der Waals surface area contributed by atoms with Crippen LogP contribution in [0.5, 0.6) is 0 Å². The molecule has 0 radical (unpaired) electrons. The maximum atomic E-state index is 11.8. The first-order valence-electron chi connectivity index (χ1n) is 7.27. The van der Waals surface area contributed by atoms with E-state index in [1.807, 2.05) is 27.7 Å². The Bertz CT molecular complexity index is 561. The lowest BCUT2D eigenvalue weighted by Gasteiger charge is -2.34. The quantitative estimate of drug-likeness (QED) is 0.495. The summed E-state index contributed by atoms with van der Waals surface area (Å²) in [6.07, 6.45) is 0. The van der Waals surface area contributed by atoms with Gasteiger partial charge in [-0.2, -0.15) is 0 Å². The molecule has 0 saturated carbocycles. The van der Waals surface area contributed by atoms with Crippen molar-refractivity contribution < 1.29 is 21.7 Å². The summed E-state index contributed by atoms with van der Waals surface area (Å²) in [4.78, 5) is 0.0696. The van der Waals surface area contributed by atoms with Crippen molar-refractivity contribution >= 4 is 28.5 Å². The fraction of sp³-hybridized carbons (Fsp3) is 0.571. The van der Waals surface area contributed by atoms with Crippen molar-refractivity contribution in [2.75, 3.05) is 19.8 Å². The lowest BCUT2D eigenvalue weighted by molar-refractivity contribution is 0.0631. The molecule has 0 amide bonds. The van der Waals surface area contributed by atoms with Gasteiger partial charge < -0.3 is 13.3 Å². The summed E-state index contributed by atoms with van der Waals surface area (Å²) in [5.41, 5.74) is 0.205. The smallest absolute Gasteiger partial charge is 0.373 e. The van der Waals surface area contributed by atoms with E-state index in [0.29, 0.717) is 25.4 Å². The number of benzene rings is 1. The molecule has 0 aliphatic rings. The standard InChI is InChI=1S/C14H23ClO5SSi/c1-5-18-22(19-6-2,20-7-3)12(4)13-10-8-9-11-14(13)21(15,16)17/h8-12H,5-7H2,1-4H3. The van der Waals surface area contributed by atoms with Gasteiger partial charge in [0.2, 0.25) is 0 Å². The molecular formula is C14H23ClO5SSi. The maximum Gasteiger partial charge on any atom is 0.508 e. The second-order valence-electron chi connectivity index (χ2n) is 4.60. The molecule has 1 aromatic rings. The summed E-state index contributed by atoms with van der Waals surface area (Å²) in [7, 11) is -1.37. The first-order chi connectivity index (χ1) is 10.3. The number of halogens is 1. The molecule has 0 aromatic heterocycles. The molecule has 0 N–H and O–H groups in total. The van der Waals surface area contributed by atoms with Crippen LogP contribution in [0.4, 0.5) is 0 Å². The molecule has 126 valence electrons. The Hall–Kier alpha value is -0.443. The highest BCUT2D eigenvalue weighted by Crippen LogP contribution is 2.34. The summed E-state index contributed by atoms with van der Waals surface area (Å²) in [6, 6.07) is 6.60. The Morgan fingerprint density at radius 3 is 1.91 bits per heavy atom. The van der Waals surface area contributed by atoms with E-state index in [9.17, 15) is 8.42 Å². The van der Waals surface area contributed by atoms with Crippen molar-refractivity contribution in [3.8, 4) is 0 Å². The highest BCUT2D eigenvalue weighted by Gasteiger charge is 2.48. The molecule has 1 aromatic carbocycles. The molecule has 0 aliphatic heterocycles. The van der Waals surface area contributed by atoms with E-state index >= 15 is 0 Å². The van der Waals surface area contributed by atoms with Crippen LogP contribution < -0.4 is 0 Å². The van der Waals surface area contributed by atoms with Crippen LogP contribution in [0.3, 0.4) is 0 Å². The van der Waals surface area contributed by atoms with Crippen molar-refractivity contribution in [2.45, 2.75) is 38.1 Å². The van der Waals surface area contributed by atoms with Crippen molar-refractivity contribution in [2.24, 2.45) is 0 Å². The zero-order valence-corrected chi connectivity index (χ0v) is 15.9. The highest BCUT2D eigenvalue weighted by molar-refractivity contribution is 8.13. The predicted octanol–water partition coefficient (Wildman–Crippen LogP) is 3.31. The van der Waals surface area contributed by atoms with Crippen LogP contribution in [-0.2, 0) is 22.3 Å². The van der Waals surface area contributed by atoms with Gasteiger partial charge in [-0.3, -0.25) is 0 Å². The van der Waals surface area contributed by atoms with Crippen molar-refractivity contribution in [1.82, 2.24) is 0 Å². The number of hydrogen-bond donors (Lipinski definition) is 0. The minimum atomic E-state index is -3.86. The van der Waals surface area contributed by atoms with E-state index < -0.39 is 17.9 Å². The maximum absolute atomic E-state index is 11.8. The van der Waals surface area contributed by atoms with Crippen LogP contribution in [0.15, 0.2) is 29.2 Å². The Morgan fingerprint density at radius 1 is 1.05 bits per heavy atom. The van der Waals surface area contributed by atoms with E-state index in [0.717, 1.165) is 0 Å². The summed E-state index contributed by atoms with van der Waals surface area (Å²) >= 11 is 0. The van der Waals surface area contributed by atoms with Gasteiger partial charge in [0, 0.05) is 30.5 Å². The normalized spacial score (nSPS) is 14.0. The minimum absolute atomic E-state index is 0.0696. The molecule has 5 nitrogen and oxygen atoms in total. The molecule has 22 heavy (non-hydrogen) atoms. The fourth-order valence-electron chi connectivity index (χ4n) is 2.35. The third-order valence-corrected chi connectivity index (χ3v) is 8.06. The monoisotopic (exact) mass is 366 g/mol. The van der Waals surface area contributed by atoms with Gasteiger partial charge in [-0.1, -0.05) is 25.1 Å². The summed E-state index contributed by atoms with van der Waals surface area (Å²) in [6.45, 7) is 8.70. The lowest BCUT2D eigenvalue weighted by Crippen LogP contribution is -2.51. The van der Waals surface area contributed by atoms with Gasteiger partial charge in [0.05, 0.1) is 10.4 Å². The van der Waals surface area contributed by atoms with E-state index in [1.54, 1.807) is 18.2 Å². The van der Waals surface area contributed by atoms with Crippen LogP contribution >= 0.6 is 10.7 Å². The molecule has 0 bridgehead atoms. The van der Waals surface area contributed by atoms with Crippen molar-refractivity contribution in [1.29, 1.82) is 0 Å². The van der Waals surface area contributed by atoms with Crippen LogP contribution in [0.25, 0.3) is 0 Å². The van der Waals surface area contributed by atoms with Crippen LogP contribution in [0.2, 0.25) is 0 Å². The summed E-state index contributed by atoms with van der Waals surface area (Å²) < 4.78 is 41.2. The topological polar surface area (TPSA) is 61.8 Å². The second kappa shape index (κ2) is 8.42.